The van der Waals surface area contributed by atoms with Crippen molar-refractivity contribution in [1.82, 2.24) is 0 Å². The fourth-order valence-electron chi connectivity index (χ4n) is 0.304. The zero-order valence-corrected chi connectivity index (χ0v) is 13.0. The van der Waals surface area contributed by atoms with E-state index in [1.165, 1.54) is 26.3 Å². The summed E-state index contributed by atoms with van der Waals surface area (Å²) in [5.74, 6) is 0.0833. The predicted molar refractivity (Wildman–Crippen MR) is 82.3 cm³/mol. The Labute approximate surface area is 118 Å². The Hall–Kier alpha value is -1.48. The number of carbonyl (C=O) groups excluding carboxylic acids is 2. The van der Waals surface area contributed by atoms with Crippen LogP contribution in [0.1, 0.15) is 41.0 Å². The SMILES string of the molecule is C=C(C)C(C)=O.C=CC.C=CC(C)=O.CCC1CO1. The zero-order chi connectivity index (χ0) is 15.8. The number of hydrogen-bond donors (Lipinski definition) is 0. The smallest absolute Gasteiger partial charge is 0.154 e. The van der Waals surface area contributed by atoms with Crippen molar-refractivity contribution in [2.24, 2.45) is 0 Å². The second-order valence-electron chi connectivity index (χ2n) is 3.92. The minimum atomic E-state index is 0.0185. The lowest BCUT2D eigenvalue weighted by Gasteiger charge is -1.80. The highest BCUT2D eigenvalue weighted by molar-refractivity contribution is 5.91. The molecule has 0 aliphatic carbocycles. The molecule has 0 aromatic rings. The maximum Gasteiger partial charge on any atom is 0.154 e. The van der Waals surface area contributed by atoms with E-state index in [1.54, 1.807) is 13.0 Å². The second-order valence-corrected chi connectivity index (χ2v) is 3.92. The predicted octanol–water partition coefficient (Wildman–Crippen LogP) is 3.90. The van der Waals surface area contributed by atoms with E-state index in [2.05, 4.69) is 26.7 Å². The van der Waals surface area contributed by atoms with E-state index in [1.807, 2.05) is 6.92 Å². The molecule has 0 spiro atoms. The van der Waals surface area contributed by atoms with Crippen LogP contribution in [0.15, 0.2) is 37.5 Å². The molecule has 1 fully saturated rings. The highest BCUT2D eigenvalue weighted by Gasteiger charge is 2.18. The zero-order valence-electron chi connectivity index (χ0n) is 13.0. The topological polar surface area (TPSA) is 46.7 Å². The van der Waals surface area contributed by atoms with E-state index >= 15 is 0 Å². The molecule has 0 aromatic heterocycles. The number of ether oxygens (including phenoxy) is 1. The van der Waals surface area contributed by atoms with Crippen molar-refractivity contribution >= 4 is 11.6 Å². The average molecular weight is 268 g/mol. The molecule has 1 rings (SSSR count). The Morgan fingerprint density at radius 3 is 1.53 bits per heavy atom. The molecular formula is C16H28O3. The van der Waals surface area contributed by atoms with E-state index < -0.39 is 0 Å². The average Bonchev–Trinajstić information content (AvgIpc) is 3.15. The maximum atomic E-state index is 10.0. The van der Waals surface area contributed by atoms with E-state index in [0.29, 0.717) is 11.7 Å². The second kappa shape index (κ2) is 16.5. The van der Waals surface area contributed by atoms with Crippen LogP contribution in [0.2, 0.25) is 0 Å². The first kappa shape index (κ1) is 22.7. The third kappa shape index (κ3) is 38.4. The Bertz CT molecular complexity index is 274. The van der Waals surface area contributed by atoms with Gasteiger partial charge in [-0.05, 0) is 45.8 Å². The van der Waals surface area contributed by atoms with Crippen LogP contribution < -0.4 is 0 Å². The number of allylic oxidation sites excluding steroid dienone is 3. The molecule has 1 aliphatic heterocycles. The molecule has 1 heterocycles. The third-order valence-corrected chi connectivity index (χ3v) is 1.75. The Morgan fingerprint density at radius 1 is 1.26 bits per heavy atom. The van der Waals surface area contributed by atoms with E-state index in [4.69, 9.17) is 4.74 Å². The van der Waals surface area contributed by atoms with E-state index in [-0.39, 0.29) is 11.6 Å². The highest BCUT2D eigenvalue weighted by Crippen LogP contribution is 2.10. The van der Waals surface area contributed by atoms with E-state index in [0.717, 1.165) is 6.61 Å². The number of epoxide rings is 1. The van der Waals surface area contributed by atoms with Gasteiger partial charge in [0.2, 0.25) is 0 Å². The molecule has 1 unspecified atom stereocenters. The summed E-state index contributed by atoms with van der Waals surface area (Å²) in [4.78, 5) is 19.7. The summed E-state index contributed by atoms with van der Waals surface area (Å²) in [6, 6.07) is 0. The van der Waals surface area contributed by atoms with Crippen molar-refractivity contribution < 1.29 is 14.3 Å². The minimum Gasteiger partial charge on any atom is -0.373 e. The molecule has 3 heteroatoms. The summed E-state index contributed by atoms with van der Waals surface area (Å²) in [5.41, 5.74) is 0.620. The minimum absolute atomic E-state index is 0.0185. The lowest BCUT2D eigenvalue weighted by atomic mass is 10.3. The van der Waals surface area contributed by atoms with Gasteiger partial charge >= 0.3 is 0 Å². The summed E-state index contributed by atoms with van der Waals surface area (Å²) in [7, 11) is 0. The summed E-state index contributed by atoms with van der Waals surface area (Å²) in [6.45, 7) is 19.7. The van der Waals surface area contributed by atoms with Gasteiger partial charge in [0.05, 0.1) is 12.7 Å². The van der Waals surface area contributed by atoms with Gasteiger partial charge in [-0.1, -0.05) is 26.2 Å². The molecule has 0 bridgehead atoms. The molecule has 1 saturated heterocycles. The van der Waals surface area contributed by atoms with Crippen LogP contribution in [0.3, 0.4) is 0 Å². The van der Waals surface area contributed by atoms with Crippen LogP contribution in [0.5, 0.6) is 0 Å². The van der Waals surface area contributed by atoms with Crippen molar-refractivity contribution in [2.45, 2.75) is 47.1 Å². The highest BCUT2D eigenvalue weighted by atomic mass is 16.6. The van der Waals surface area contributed by atoms with Crippen LogP contribution in [-0.2, 0) is 14.3 Å². The van der Waals surface area contributed by atoms with E-state index in [9.17, 15) is 9.59 Å². The Kier molecular flexibility index (Phi) is 19.7. The molecule has 1 aliphatic rings. The van der Waals surface area contributed by atoms with Crippen molar-refractivity contribution in [1.29, 1.82) is 0 Å². The normalized spacial score (nSPS) is 13.8. The van der Waals surface area contributed by atoms with Crippen molar-refractivity contribution in [3.05, 3.63) is 37.5 Å². The Balaban J connectivity index is -0.000000184. The van der Waals surface area contributed by atoms with Crippen LogP contribution >= 0.6 is 0 Å². The van der Waals surface area contributed by atoms with Crippen LogP contribution in [0.25, 0.3) is 0 Å². The first-order valence-corrected chi connectivity index (χ1v) is 6.24. The monoisotopic (exact) mass is 268 g/mol. The molecule has 0 aromatic carbocycles. The third-order valence-electron chi connectivity index (χ3n) is 1.75. The van der Waals surface area contributed by atoms with Crippen molar-refractivity contribution in [3.8, 4) is 0 Å². The van der Waals surface area contributed by atoms with Crippen molar-refractivity contribution in [2.75, 3.05) is 6.61 Å². The maximum absolute atomic E-state index is 10.0. The fraction of sp³-hybridized carbons (Fsp3) is 0.500. The molecule has 0 radical (unpaired) electrons. The number of ketones is 2. The molecule has 1 atom stereocenters. The van der Waals surface area contributed by atoms with Gasteiger partial charge in [0, 0.05) is 0 Å². The summed E-state index contributed by atoms with van der Waals surface area (Å²) in [5, 5.41) is 0. The fourth-order valence-corrected chi connectivity index (χ4v) is 0.304. The van der Waals surface area contributed by atoms with Gasteiger partial charge in [-0.25, -0.2) is 0 Å². The molecule has 19 heavy (non-hydrogen) atoms. The number of rotatable bonds is 3. The van der Waals surface area contributed by atoms with Crippen molar-refractivity contribution in [3.63, 3.8) is 0 Å². The van der Waals surface area contributed by atoms with Crippen LogP contribution in [-0.4, -0.2) is 24.3 Å². The molecule has 3 nitrogen and oxygen atoms in total. The van der Waals surface area contributed by atoms with Gasteiger partial charge in [0.25, 0.3) is 0 Å². The Morgan fingerprint density at radius 2 is 1.53 bits per heavy atom. The van der Waals surface area contributed by atoms with Gasteiger partial charge < -0.3 is 4.74 Å². The van der Waals surface area contributed by atoms with Gasteiger partial charge in [-0.3, -0.25) is 9.59 Å². The quantitative estimate of drug-likeness (QED) is 0.443. The van der Waals surface area contributed by atoms with Crippen LogP contribution in [0.4, 0.5) is 0 Å². The lowest BCUT2D eigenvalue weighted by molar-refractivity contribution is -0.114. The summed E-state index contributed by atoms with van der Waals surface area (Å²) in [6.07, 6.45) is 4.86. The van der Waals surface area contributed by atoms with Gasteiger partial charge in [-0.2, -0.15) is 0 Å². The van der Waals surface area contributed by atoms with Gasteiger partial charge in [0.15, 0.2) is 11.6 Å². The molecule has 0 saturated carbocycles. The first-order chi connectivity index (χ1) is 8.76. The largest absolute Gasteiger partial charge is 0.373 e. The molecular weight excluding hydrogens is 240 g/mol. The summed E-state index contributed by atoms with van der Waals surface area (Å²) >= 11 is 0. The number of hydrogen-bond acceptors (Lipinski definition) is 3. The molecule has 0 amide bonds. The number of carbonyl (C=O) groups is 2. The first-order valence-electron chi connectivity index (χ1n) is 6.24. The molecule has 110 valence electrons. The standard InChI is InChI=1S/C5H8O.C4H8O.C4H6O.C3H6/c1-4(2)5(3)6;1-2-4-3-5-4;1-3-4(2)5;1-3-2/h1H2,2-3H3;4H,2-3H2,1H3;3H,1H2,2H3;3H,1H2,2H3. The van der Waals surface area contributed by atoms with Gasteiger partial charge in [0.1, 0.15) is 0 Å². The van der Waals surface area contributed by atoms with Gasteiger partial charge in [-0.15, -0.1) is 6.58 Å². The van der Waals surface area contributed by atoms with Crippen LogP contribution in [0, 0.1) is 0 Å². The summed E-state index contributed by atoms with van der Waals surface area (Å²) < 4.78 is 4.86. The number of Topliss-reactive ketones (excluding diaryl/α,β-unsaturated/α-hetero) is 1. The molecule has 0 N–H and O–H groups in total. The lowest BCUT2D eigenvalue weighted by Crippen LogP contribution is -1.86.